The van der Waals surface area contributed by atoms with E-state index in [9.17, 15) is 0 Å². The molecule has 3 aromatic rings. The van der Waals surface area contributed by atoms with Crippen molar-refractivity contribution in [3.8, 4) is 11.1 Å². The van der Waals surface area contributed by atoms with Crippen LogP contribution in [-0.4, -0.2) is 5.84 Å². The van der Waals surface area contributed by atoms with Gasteiger partial charge in [-0.3, -0.25) is 0 Å². The normalized spacial score (nSPS) is 11.5. The number of thiophene rings is 1. The summed E-state index contributed by atoms with van der Waals surface area (Å²) in [6.45, 7) is 2.08. The summed E-state index contributed by atoms with van der Waals surface area (Å²) in [5.41, 5.74) is 13.1. The van der Waals surface area contributed by atoms with E-state index in [4.69, 9.17) is 11.6 Å². The Morgan fingerprint density at radius 2 is 1.79 bits per heavy atom. The highest BCUT2D eigenvalue weighted by molar-refractivity contribution is 7.14. The SMILES string of the molecule is Cc1ccc(-c2cc(Cc3ccccc3)sc2/C(N)=N/NN)cc1. The van der Waals surface area contributed by atoms with Gasteiger partial charge < -0.3 is 5.73 Å². The molecule has 122 valence electrons. The van der Waals surface area contributed by atoms with E-state index < -0.39 is 0 Å². The summed E-state index contributed by atoms with van der Waals surface area (Å²) < 4.78 is 0. The van der Waals surface area contributed by atoms with Crippen LogP contribution in [0.1, 0.15) is 20.9 Å². The predicted octanol–water partition coefficient (Wildman–Crippen LogP) is 3.40. The zero-order valence-electron chi connectivity index (χ0n) is 13.5. The fourth-order valence-corrected chi connectivity index (χ4v) is 3.70. The van der Waals surface area contributed by atoms with E-state index >= 15 is 0 Å². The Balaban J connectivity index is 2.02. The number of hydrazine groups is 1. The molecular formula is C19H20N4S. The highest BCUT2D eigenvalue weighted by atomic mass is 32.1. The second kappa shape index (κ2) is 7.29. The van der Waals surface area contributed by atoms with Crippen molar-refractivity contribution in [1.82, 2.24) is 5.53 Å². The van der Waals surface area contributed by atoms with Crippen molar-refractivity contribution >= 4 is 17.2 Å². The molecule has 1 aromatic heterocycles. The Bertz CT molecular complexity index is 836. The summed E-state index contributed by atoms with van der Waals surface area (Å²) >= 11 is 1.65. The van der Waals surface area contributed by atoms with Gasteiger partial charge in [0, 0.05) is 16.9 Å². The monoisotopic (exact) mass is 336 g/mol. The van der Waals surface area contributed by atoms with E-state index in [1.54, 1.807) is 11.3 Å². The molecule has 5 N–H and O–H groups in total. The minimum Gasteiger partial charge on any atom is -0.381 e. The Kier molecular flexibility index (Phi) is 4.93. The number of amidine groups is 1. The molecule has 0 aliphatic rings. The molecule has 0 saturated heterocycles. The van der Waals surface area contributed by atoms with Gasteiger partial charge in [-0.05, 0) is 24.1 Å². The van der Waals surface area contributed by atoms with Gasteiger partial charge in [0.05, 0.1) is 4.88 Å². The smallest absolute Gasteiger partial charge is 0.162 e. The van der Waals surface area contributed by atoms with Gasteiger partial charge >= 0.3 is 0 Å². The van der Waals surface area contributed by atoms with Crippen LogP contribution in [-0.2, 0) is 6.42 Å². The quantitative estimate of drug-likeness (QED) is 0.289. The van der Waals surface area contributed by atoms with E-state index in [2.05, 4.69) is 72.2 Å². The summed E-state index contributed by atoms with van der Waals surface area (Å²) in [4.78, 5) is 2.17. The topological polar surface area (TPSA) is 76.4 Å². The minimum atomic E-state index is 0.400. The van der Waals surface area contributed by atoms with E-state index in [1.807, 2.05) is 6.07 Å². The molecule has 0 aliphatic carbocycles. The van der Waals surface area contributed by atoms with Gasteiger partial charge in [-0.25, -0.2) is 11.4 Å². The van der Waals surface area contributed by atoms with Crippen LogP contribution in [0.4, 0.5) is 0 Å². The lowest BCUT2D eigenvalue weighted by Crippen LogP contribution is -2.22. The van der Waals surface area contributed by atoms with Gasteiger partial charge in [0.15, 0.2) is 5.84 Å². The lowest BCUT2D eigenvalue weighted by molar-refractivity contribution is 0.804. The summed E-state index contributed by atoms with van der Waals surface area (Å²) in [6.07, 6.45) is 0.869. The molecule has 0 unspecified atom stereocenters. The van der Waals surface area contributed by atoms with Gasteiger partial charge in [-0.2, -0.15) is 0 Å². The number of nitrogens with two attached hydrogens (primary N) is 2. The number of benzene rings is 2. The number of hydrazone groups is 1. The molecule has 2 aromatic carbocycles. The molecule has 0 fully saturated rings. The summed E-state index contributed by atoms with van der Waals surface area (Å²) in [5, 5.41) is 3.95. The fraction of sp³-hybridized carbons (Fsp3) is 0.105. The highest BCUT2D eigenvalue weighted by Gasteiger charge is 2.14. The average Bonchev–Trinajstić information content (AvgIpc) is 3.00. The first kappa shape index (κ1) is 16.2. The number of nitrogens with zero attached hydrogens (tertiary/aromatic N) is 1. The molecule has 1 heterocycles. The number of rotatable bonds is 5. The molecule has 0 aliphatic heterocycles. The second-order valence-corrected chi connectivity index (χ2v) is 6.75. The van der Waals surface area contributed by atoms with E-state index in [0.717, 1.165) is 22.4 Å². The van der Waals surface area contributed by atoms with Gasteiger partial charge in [0.25, 0.3) is 0 Å². The Morgan fingerprint density at radius 3 is 2.46 bits per heavy atom. The van der Waals surface area contributed by atoms with E-state index in [-0.39, 0.29) is 0 Å². The van der Waals surface area contributed by atoms with Crippen LogP contribution in [0, 0.1) is 6.92 Å². The van der Waals surface area contributed by atoms with Crippen molar-refractivity contribution in [3.05, 3.63) is 81.5 Å². The van der Waals surface area contributed by atoms with E-state index in [0.29, 0.717) is 5.84 Å². The molecule has 24 heavy (non-hydrogen) atoms. The van der Waals surface area contributed by atoms with Crippen molar-refractivity contribution in [2.45, 2.75) is 13.3 Å². The van der Waals surface area contributed by atoms with Crippen molar-refractivity contribution < 1.29 is 0 Å². The molecule has 4 nitrogen and oxygen atoms in total. The van der Waals surface area contributed by atoms with Crippen LogP contribution in [0.3, 0.4) is 0 Å². The third-order valence-corrected chi connectivity index (χ3v) is 4.94. The predicted molar refractivity (Wildman–Crippen MR) is 102 cm³/mol. The minimum absolute atomic E-state index is 0.400. The molecule has 0 amide bonds. The lowest BCUT2D eigenvalue weighted by Gasteiger charge is -2.04. The molecule has 0 bridgehead atoms. The van der Waals surface area contributed by atoms with Crippen LogP contribution in [0.5, 0.6) is 0 Å². The zero-order chi connectivity index (χ0) is 16.9. The fourth-order valence-electron chi connectivity index (χ4n) is 2.58. The van der Waals surface area contributed by atoms with Crippen LogP contribution < -0.4 is 17.1 Å². The Hall–Kier alpha value is -2.63. The maximum Gasteiger partial charge on any atom is 0.162 e. The molecule has 0 spiro atoms. The van der Waals surface area contributed by atoms with Gasteiger partial charge in [0.1, 0.15) is 0 Å². The lowest BCUT2D eigenvalue weighted by atomic mass is 10.0. The molecule has 3 rings (SSSR count). The molecule has 0 radical (unpaired) electrons. The number of nitrogens with one attached hydrogen (secondary N) is 1. The maximum absolute atomic E-state index is 6.10. The summed E-state index contributed by atoms with van der Waals surface area (Å²) in [7, 11) is 0. The van der Waals surface area contributed by atoms with Crippen molar-refractivity contribution in [2.24, 2.45) is 16.7 Å². The first-order chi connectivity index (χ1) is 11.7. The number of hydrogen-bond donors (Lipinski definition) is 3. The third kappa shape index (κ3) is 3.64. The third-order valence-electron chi connectivity index (χ3n) is 3.78. The van der Waals surface area contributed by atoms with Gasteiger partial charge in [-0.1, -0.05) is 60.2 Å². The number of aryl methyl sites for hydroxylation is 1. The molecular weight excluding hydrogens is 316 g/mol. The van der Waals surface area contributed by atoms with Crippen LogP contribution in [0.25, 0.3) is 11.1 Å². The van der Waals surface area contributed by atoms with E-state index in [1.165, 1.54) is 16.0 Å². The van der Waals surface area contributed by atoms with Crippen molar-refractivity contribution in [1.29, 1.82) is 0 Å². The second-order valence-electron chi connectivity index (χ2n) is 5.61. The van der Waals surface area contributed by atoms with Crippen LogP contribution in [0.15, 0.2) is 65.8 Å². The maximum atomic E-state index is 6.10. The largest absolute Gasteiger partial charge is 0.381 e. The Labute approximate surface area is 145 Å². The Morgan fingerprint density at radius 1 is 1.08 bits per heavy atom. The molecule has 5 heteroatoms. The standard InChI is InChI=1S/C19H20N4S/c1-13-7-9-15(10-8-13)17-12-16(11-14-5-3-2-4-6-14)24-18(17)19(20)22-23-21/h2-10,12,23H,11,21H2,1H3,(H2,20,22). The molecule has 0 saturated carbocycles. The van der Waals surface area contributed by atoms with Crippen LogP contribution in [0.2, 0.25) is 0 Å². The van der Waals surface area contributed by atoms with Gasteiger partial charge in [-0.15, -0.1) is 16.4 Å². The van der Waals surface area contributed by atoms with Gasteiger partial charge in [0.2, 0.25) is 0 Å². The molecule has 0 atom stereocenters. The summed E-state index contributed by atoms with van der Waals surface area (Å²) in [6, 6.07) is 21.0. The van der Waals surface area contributed by atoms with Crippen molar-refractivity contribution in [3.63, 3.8) is 0 Å². The first-order valence-corrected chi connectivity index (χ1v) is 8.52. The van der Waals surface area contributed by atoms with Crippen LogP contribution >= 0.6 is 11.3 Å². The summed E-state index contributed by atoms with van der Waals surface area (Å²) in [5.74, 6) is 5.69. The average molecular weight is 336 g/mol. The van der Waals surface area contributed by atoms with Crippen molar-refractivity contribution in [2.75, 3.05) is 0 Å². The highest BCUT2D eigenvalue weighted by Crippen LogP contribution is 2.33. The zero-order valence-corrected chi connectivity index (χ0v) is 14.3. The number of hydrogen-bond acceptors (Lipinski definition) is 4. The first-order valence-electron chi connectivity index (χ1n) is 7.70.